The highest BCUT2D eigenvalue weighted by atomic mass is 15.1. The Balaban J connectivity index is 1.92. The molecular formula is C17H23N3. The number of benzene rings is 1. The second-order valence-corrected chi connectivity index (χ2v) is 5.13. The normalized spacial score (nSPS) is 10.8. The van der Waals surface area contributed by atoms with Crippen molar-refractivity contribution in [1.82, 2.24) is 9.88 Å². The minimum absolute atomic E-state index is 0.929. The van der Waals surface area contributed by atoms with Gasteiger partial charge in [-0.25, -0.2) is 4.98 Å². The molecule has 0 aliphatic carbocycles. The van der Waals surface area contributed by atoms with E-state index in [1.807, 2.05) is 6.20 Å². The van der Waals surface area contributed by atoms with Crippen LogP contribution in [0.25, 0.3) is 0 Å². The maximum Gasteiger partial charge on any atom is 0.126 e. The second kappa shape index (κ2) is 7.65. The third kappa shape index (κ3) is 4.67. The molecule has 2 rings (SSSR count). The Morgan fingerprint density at radius 3 is 2.55 bits per heavy atom. The van der Waals surface area contributed by atoms with Gasteiger partial charge in [-0.1, -0.05) is 37.3 Å². The summed E-state index contributed by atoms with van der Waals surface area (Å²) < 4.78 is 0. The predicted molar refractivity (Wildman–Crippen MR) is 84.6 cm³/mol. The third-order valence-electron chi connectivity index (χ3n) is 3.13. The van der Waals surface area contributed by atoms with Crippen molar-refractivity contribution in [3.8, 4) is 0 Å². The largest absolute Gasteiger partial charge is 0.370 e. The molecule has 0 bridgehead atoms. The number of anilines is 1. The van der Waals surface area contributed by atoms with Crippen molar-refractivity contribution < 1.29 is 0 Å². The van der Waals surface area contributed by atoms with Crippen molar-refractivity contribution in [2.45, 2.75) is 26.4 Å². The first-order valence-corrected chi connectivity index (χ1v) is 7.19. The number of hydrogen-bond donors (Lipinski definition) is 1. The van der Waals surface area contributed by atoms with Crippen molar-refractivity contribution >= 4 is 5.82 Å². The summed E-state index contributed by atoms with van der Waals surface area (Å²) in [5, 5.41) is 3.33. The molecule has 3 nitrogen and oxygen atoms in total. The zero-order chi connectivity index (χ0) is 14.2. The van der Waals surface area contributed by atoms with Gasteiger partial charge < -0.3 is 5.32 Å². The van der Waals surface area contributed by atoms with Crippen molar-refractivity contribution in [1.29, 1.82) is 0 Å². The highest BCUT2D eigenvalue weighted by molar-refractivity contribution is 5.37. The van der Waals surface area contributed by atoms with Crippen LogP contribution in [0.15, 0.2) is 48.7 Å². The molecule has 0 saturated heterocycles. The highest BCUT2D eigenvalue weighted by Crippen LogP contribution is 2.11. The zero-order valence-electron chi connectivity index (χ0n) is 12.3. The standard InChI is InChI=1S/C17H23N3/c1-3-10-18-17-12-16(9-11-19-17)14-20(2)13-15-7-5-4-6-8-15/h4-9,11-12H,3,10,13-14H2,1-2H3,(H,18,19). The van der Waals surface area contributed by atoms with Crippen LogP contribution in [0.5, 0.6) is 0 Å². The van der Waals surface area contributed by atoms with Crippen LogP contribution in [-0.2, 0) is 13.1 Å². The van der Waals surface area contributed by atoms with Gasteiger partial charge in [0.2, 0.25) is 0 Å². The van der Waals surface area contributed by atoms with Gasteiger partial charge >= 0.3 is 0 Å². The van der Waals surface area contributed by atoms with Crippen LogP contribution >= 0.6 is 0 Å². The molecule has 1 N–H and O–H groups in total. The van der Waals surface area contributed by atoms with E-state index >= 15 is 0 Å². The molecule has 1 aromatic carbocycles. The Labute approximate surface area is 121 Å². The van der Waals surface area contributed by atoms with E-state index in [2.05, 4.69) is 71.6 Å². The Bertz CT molecular complexity index is 511. The molecule has 0 amide bonds. The summed E-state index contributed by atoms with van der Waals surface area (Å²) in [6, 6.07) is 14.8. The van der Waals surface area contributed by atoms with Gasteiger partial charge in [-0.3, -0.25) is 4.90 Å². The van der Waals surface area contributed by atoms with E-state index in [9.17, 15) is 0 Å². The first-order valence-electron chi connectivity index (χ1n) is 7.19. The van der Waals surface area contributed by atoms with Crippen LogP contribution in [-0.4, -0.2) is 23.5 Å². The summed E-state index contributed by atoms with van der Waals surface area (Å²) in [6.45, 7) is 5.01. The molecule has 1 heterocycles. The fourth-order valence-corrected chi connectivity index (χ4v) is 2.19. The van der Waals surface area contributed by atoms with E-state index in [4.69, 9.17) is 0 Å². The van der Waals surface area contributed by atoms with Gasteiger partial charge in [-0.15, -0.1) is 0 Å². The molecule has 1 aromatic heterocycles. The number of rotatable bonds is 7. The SMILES string of the molecule is CCCNc1cc(CN(C)Cc2ccccc2)ccn1. The smallest absolute Gasteiger partial charge is 0.126 e. The Morgan fingerprint density at radius 1 is 1.05 bits per heavy atom. The van der Waals surface area contributed by atoms with Gasteiger partial charge in [0.1, 0.15) is 5.82 Å². The summed E-state index contributed by atoms with van der Waals surface area (Å²) in [6.07, 6.45) is 2.99. The van der Waals surface area contributed by atoms with Gasteiger partial charge in [0.15, 0.2) is 0 Å². The van der Waals surface area contributed by atoms with Crippen LogP contribution in [0, 0.1) is 0 Å². The minimum atomic E-state index is 0.929. The lowest BCUT2D eigenvalue weighted by Gasteiger charge is -2.17. The molecule has 2 aromatic rings. The second-order valence-electron chi connectivity index (χ2n) is 5.13. The van der Waals surface area contributed by atoms with Gasteiger partial charge in [-0.05, 0) is 36.7 Å². The van der Waals surface area contributed by atoms with E-state index in [-0.39, 0.29) is 0 Å². The zero-order valence-corrected chi connectivity index (χ0v) is 12.3. The molecule has 0 saturated carbocycles. The molecule has 0 atom stereocenters. The first kappa shape index (κ1) is 14.5. The fourth-order valence-electron chi connectivity index (χ4n) is 2.19. The summed E-state index contributed by atoms with van der Waals surface area (Å²) in [5.74, 6) is 0.970. The van der Waals surface area contributed by atoms with Gasteiger partial charge in [0.05, 0.1) is 0 Å². The lowest BCUT2D eigenvalue weighted by atomic mass is 10.2. The molecular weight excluding hydrogens is 246 g/mol. The first-order chi connectivity index (χ1) is 9.78. The van der Waals surface area contributed by atoms with E-state index in [1.165, 1.54) is 11.1 Å². The summed E-state index contributed by atoms with van der Waals surface area (Å²) in [4.78, 5) is 6.65. The van der Waals surface area contributed by atoms with Crippen molar-refractivity contribution in [2.24, 2.45) is 0 Å². The van der Waals surface area contributed by atoms with Gasteiger partial charge in [-0.2, -0.15) is 0 Å². The quantitative estimate of drug-likeness (QED) is 0.833. The molecule has 106 valence electrons. The van der Waals surface area contributed by atoms with Crippen LogP contribution in [0.3, 0.4) is 0 Å². The Kier molecular flexibility index (Phi) is 5.56. The van der Waals surface area contributed by atoms with Crippen molar-refractivity contribution in [2.75, 3.05) is 18.9 Å². The monoisotopic (exact) mass is 269 g/mol. The van der Waals surface area contributed by atoms with Gasteiger partial charge in [0.25, 0.3) is 0 Å². The van der Waals surface area contributed by atoms with Gasteiger partial charge in [0, 0.05) is 25.8 Å². The molecule has 0 radical (unpaired) electrons. The maximum absolute atomic E-state index is 4.34. The lowest BCUT2D eigenvalue weighted by Crippen LogP contribution is -2.17. The minimum Gasteiger partial charge on any atom is -0.370 e. The molecule has 0 fully saturated rings. The molecule has 0 spiro atoms. The van der Waals surface area contributed by atoms with Crippen LogP contribution in [0.1, 0.15) is 24.5 Å². The predicted octanol–water partition coefficient (Wildman–Crippen LogP) is 3.54. The van der Waals surface area contributed by atoms with Crippen LogP contribution < -0.4 is 5.32 Å². The van der Waals surface area contributed by atoms with E-state index in [1.54, 1.807) is 0 Å². The highest BCUT2D eigenvalue weighted by Gasteiger charge is 2.03. The third-order valence-corrected chi connectivity index (χ3v) is 3.13. The molecule has 0 unspecified atom stereocenters. The average Bonchev–Trinajstić information content (AvgIpc) is 2.46. The number of aromatic nitrogens is 1. The number of nitrogens with zero attached hydrogens (tertiary/aromatic N) is 2. The number of nitrogens with one attached hydrogen (secondary N) is 1. The topological polar surface area (TPSA) is 28.2 Å². The molecule has 0 aliphatic heterocycles. The summed E-state index contributed by atoms with van der Waals surface area (Å²) in [5.41, 5.74) is 2.63. The number of hydrogen-bond acceptors (Lipinski definition) is 3. The van der Waals surface area contributed by atoms with E-state index in [0.717, 1.165) is 31.9 Å². The summed E-state index contributed by atoms with van der Waals surface area (Å²) >= 11 is 0. The maximum atomic E-state index is 4.34. The summed E-state index contributed by atoms with van der Waals surface area (Å²) in [7, 11) is 2.15. The van der Waals surface area contributed by atoms with E-state index in [0.29, 0.717) is 0 Å². The number of pyridine rings is 1. The van der Waals surface area contributed by atoms with Crippen LogP contribution in [0.4, 0.5) is 5.82 Å². The van der Waals surface area contributed by atoms with E-state index < -0.39 is 0 Å². The average molecular weight is 269 g/mol. The van der Waals surface area contributed by atoms with Crippen LogP contribution in [0.2, 0.25) is 0 Å². The molecule has 20 heavy (non-hydrogen) atoms. The Hall–Kier alpha value is -1.87. The molecule has 0 aliphatic rings. The van der Waals surface area contributed by atoms with Crippen molar-refractivity contribution in [3.63, 3.8) is 0 Å². The molecule has 3 heteroatoms. The lowest BCUT2D eigenvalue weighted by molar-refractivity contribution is 0.319. The Morgan fingerprint density at radius 2 is 1.80 bits per heavy atom. The fraction of sp³-hybridized carbons (Fsp3) is 0.353. The van der Waals surface area contributed by atoms with Crippen molar-refractivity contribution in [3.05, 3.63) is 59.8 Å².